The second kappa shape index (κ2) is 9.47. The molecule has 120 valence electrons. The van der Waals surface area contributed by atoms with Gasteiger partial charge in [0.05, 0.1) is 20.8 Å². The number of hydrogen-bond donors (Lipinski definition) is 1. The SMILES string of the molecule is COCC(CNCC(C)C)Oc1cc(OC)cc(OC)c1. The van der Waals surface area contributed by atoms with Crippen molar-refractivity contribution in [3.8, 4) is 17.2 Å². The van der Waals surface area contributed by atoms with E-state index >= 15 is 0 Å². The van der Waals surface area contributed by atoms with Crippen molar-refractivity contribution in [1.29, 1.82) is 0 Å². The van der Waals surface area contributed by atoms with Crippen LogP contribution in [0.3, 0.4) is 0 Å². The molecule has 0 aliphatic rings. The lowest BCUT2D eigenvalue weighted by Gasteiger charge is -2.20. The van der Waals surface area contributed by atoms with Crippen molar-refractivity contribution in [3.05, 3.63) is 18.2 Å². The van der Waals surface area contributed by atoms with Gasteiger partial charge in [-0.1, -0.05) is 13.8 Å². The summed E-state index contributed by atoms with van der Waals surface area (Å²) in [5.74, 6) is 2.72. The predicted molar refractivity (Wildman–Crippen MR) is 83.5 cm³/mol. The molecule has 0 heterocycles. The molecule has 1 aromatic rings. The number of ether oxygens (including phenoxy) is 4. The van der Waals surface area contributed by atoms with E-state index in [9.17, 15) is 0 Å². The largest absolute Gasteiger partial charge is 0.496 e. The summed E-state index contributed by atoms with van der Waals surface area (Å²) >= 11 is 0. The minimum Gasteiger partial charge on any atom is -0.496 e. The quantitative estimate of drug-likeness (QED) is 0.718. The molecule has 5 heteroatoms. The van der Waals surface area contributed by atoms with Crippen LogP contribution in [0.1, 0.15) is 13.8 Å². The smallest absolute Gasteiger partial charge is 0.134 e. The van der Waals surface area contributed by atoms with Gasteiger partial charge in [0.1, 0.15) is 23.4 Å². The van der Waals surface area contributed by atoms with Crippen LogP contribution in [0.25, 0.3) is 0 Å². The van der Waals surface area contributed by atoms with Crippen molar-refractivity contribution in [2.24, 2.45) is 5.92 Å². The van der Waals surface area contributed by atoms with E-state index < -0.39 is 0 Å². The maximum atomic E-state index is 5.97. The molecule has 1 N–H and O–H groups in total. The van der Waals surface area contributed by atoms with Crippen LogP contribution in [-0.4, -0.2) is 47.1 Å². The summed E-state index contributed by atoms with van der Waals surface area (Å²) in [4.78, 5) is 0. The molecule has 1 rings (SSSR count). The number of rotatable bonds is 10. The Balaban J connectivity index is 2.68. The minimum atomic E-state index is -0.0643. The zero-order chi connectivity index (χ0) is 15.7. The van der Waals surface area contributed by atoms with E-state index in [1.54, 1.807) is 21.3 Å². The third-order valence-corrected chi connectivity index (χ3v) is 2.90. The third kappa shape index (κ3) is 6.69. The highest BCUT2D eigenvalue weighted by Crippen LogP contribution is 2.28. The monoisotopic (exact) mass is 297 g/mol. The van der Waals surface area contributed by atoms with Crippen molar-refractivity contribution < 1.29 is 18.9 Å². The van der Waals surface area contributed by atoms with E-state index in [1.165, 1.54) is 0 Å². The normalized spacial score (nSPS) is 12.3. The zero-order valence-electron chi connectivity index (χ0n) is 13.6. The van der Waals surface area contributed by atoms with Crippen molar-refractivity contribution >= 4 is 0 Å². The predicted octanol–water partition coefficient (Wildman–Crippen LogP) is 2.34. The van der Waals surface area contributed by atoms with Gasteiger partial charge in [0.2, 0.25) is 0 Å². The highest BCUT2D eigenvalue weighted by atomic mass is 16.5. The molecule has 0 aromatic heterocycles. The lowest BCUT2D eigenvalue weighted by atomic mass is 10.2. The van der Waals surface area contributed by atoms with Crippen molar-refractivity contribution in [1.82, 2.24) is 5.32 Å². The molecule has 0 aliphatic carbocycles. The molecule has 1 aromatic carbocycles. The number of benzene rings is 1. The summed E-state index contributed by atoms with van der Waals surface area (Å²) in [5.41, 5.74) is 0. The van der Waals surface area contributed by atoms with Gasteiger partial charge in [0.15, 0.2) is 0 Å². The Labute approximate surface area is 127 Å². The van der Waals surface area contributed by atoms with Gasteiger partial charge in [-0.15, -0.1) is 0 Å². The Kier molecular flexibility index (Phi) is 7.93. The average Bonchev–Trinajstić information content (AvgIpc) is 2.46. The Morgan fingerprint density at radius 2 is 1.48 bits per heavy atom. The van der Waals surface area contributed by atoms with Gasteiger partial charge in [-0.25, -0.2) is 0 Å². The molecule has 5 nitrogen and oxygen atoms in total. The zero-order valence-corrected chi connectivity index (χ0v) is 13.6. The first kappa shape index (κ1) is 17.6. The molecule has 0 amide bonds. The van der Waals surface area contributed by atoms with Crippen LogP contribution < -0.4 is 19.5 Å². The van der Waals surface area contributed by atoms with Crippen molar-refractivity contribution in [2.75, 3.05) is 41.0 Å². The standard InChI is InChI=1S/C16H27NO4/c1-12(2)9-17-10-16(11-18-3)21-15-7-13(19-4)6-14(8-15)20-5/h6-8,12,16-17H,9-11H2,1-5H3. The van der Waals surface area contributed by atoms with Crippen LogP contribution in [0.15, 0.2) is 18.2 Å². The molecule has 0 aliphatic heterocycles. The van der Waals surface area contributed by atoms with Crippen LogP contribution in [-0.2, 0) is 4.74 Å². The fourth-order valence-electron chi connectivity index (χ4n) is 1.90. The Bertz CT molecular complexity index is 387. The summed E-state index contributed by atoms with van der Waals surface area (Å²) in [5, 5.41) is 3.38. The summed E-state index contributed by atoms with van der Waals surface area (Å²) in [7, 11) is 4.91. The minimum absolute atomic E-state index is 0.0643. The van der Waals surface area contributed by atoms with E-state index in [2.05, 4.69) is 19.2 Å². The lowest BCUT2D eigenvalue weighted by molar-refractivity contribution is 0.0799. The van der Waals surface area contributed by atoms with Gasteiger partial charge in [-0.2, -0.15) is 0 Å². The average molecular weight is 297 g/mol. The van der Waals surface area contributed by atoms with Crippen LogP contribution in [0.2, 0.25) is 0 Å². The maximum absolute atomic E-state index is 5.97. The Morgan fingerprint density at radius 3 is 1.95 bits per heavy atom. The molecule has 0 spiro atoms. The van der Waals surface area contributed by atoms with Crippen LogP contribution in [0.4, 0.5) is 0 Å². The van der Waals surface area contributed by atoms with Crippen molar-refractivity contribution in [3.63, 3.8) is 0 Å². The molecular weight excluding hydrogens is 270 g/mol. The molecule has 0 bridgehead atoms. The van der Waals surface area contributed by atoms with Crippen molar-refractivity contribution in [2.45, 2.75) is 20.0 Å². The third-order valence-electron chi connectivity index (χ3n) is 2.90. The lowest BCUT2D eigenvalue weighted by Crippen LogP contribution is -2.36. The van der Waals surface area contributed by atoms with Crippen LogP contribution in [0.5, 0.6) is 17.2 Å². The topological polar surface area (TPSA) is 49.0 Å². The van der Waals surface area contributed by atoms with Gasteiger partial charge in [0.25, 0.3) is 0 Å². The molecule has 0 saturated carbocycles. The van der Waals surface area contributed by atoms with E-state index in [0.717, 1.165) is 13.1 Å². The summed E-state index contributed by atoms with van der Waals surface area (Å²) in [6.45, 7) is 6.54. The summed E-state index contributed by atoms with van der Waals surface area (Å²) in [6.07, 6.45) is -0.0643. The first-order valence-corrected chi connectivity index (χ1v) is 7.18. The van der Waals surface area contributed by atoms with Gasteiger partial charge in [-0.05, 0) is 12.5 Å². The molecule has 0 radical (unpaired) electrons. The molecule has 0 saturated heterocycles. The molecular formula is C16H27NO4. The second-order valence-corrected chi connectivity index (χ2v) is 5.30. The fourth-order valence-corrected chi connectivity index (χ4v) is 1.90. The Morgan fingerprint density at radius 1 is 0.905 bits per heavy atom. The van der Waals surface area contributed by atoms with E-state index in [0.29, 0.717) is 29.8 Å². The summed E-state index contributed by atoms with van der Waals surface area (Å²) < 4.78 is 21.7. The first-order chi connectivity index (χ1) is 10.1. The van der Waals surface area contributed by atoms with Gasteiger partial charge < -0.3 is 24.3 Å². The van der Waals surface area contributed by atoms with E-state index in [1.807, 2.05) is 18.2 Å². The van der Waals surface area contributed by atoms with Gasteiger partial charge in [-0.3, -0.25) is 0 Å². The molecule has 1 unspecified atom stereocenters. The van der Waals surface area contributed by atoms with Gasteiger partial charge in [0, 0.05) is 31.9 Å². The highest BCUT2D eigenvalue weighted by Gasteiger charge is 2.12. The Hall–Kier alpha value is -1.46. The second-order valence-electron chi connectivity index (χ2n) is 5.30. The van der Waals surface area contributed by atoms with Gasteiger partial charge >= 0.3 is 0 Å². The van der Waals surface area contributed by atoms with E-state index in [4.69, 9.17) is 18.9 Å². The number of nitrogens with one attached hydrogen (secondary N) is 1. The highest BCUT2D eigenvalue weighted by molar-refractivity contribution is 5.42. The molecule has 0 fully saturated rings. The fraction of sp³-hybridized carbons (Fsp3) is 0.625. The summed E-state index contributed by atoms with van der Waals surface area (Å²) in [6, 6.07) is 5.50. The van der Waals surface area contributed by atoms with Crippen LogP contribution in [0, 0.1) is 5.92 Å². The number of methoxy groups -OCH3 is 3. The first-order valence-electron chi connectivity index (χ1n) is 7.18. The van der Waals surface area contributed by atoms with E-state index in [-0.39, 0.29) is 6.10 Å². The van der Waals surface area contributed by atoms with Crippen LogP contribution >= 0.6 is 0 Å². The number of hydrogen-bond acceptors (Lipinski definition) is 5. The molecule has 21 heavy (non-hydrogen) atoms. The molecule has 1 atom stereocenters. The maximum Gasteiger partial charge on any atom is 0.134 e.